The maximum atomic E-state index is 13.3. The highest BCUT2D eigenvalue weighted by molar-refractivity contribution is 5.93. The zero-order chi connectivity index (χ0) is 23.5. The number of ether oxygens (including phenoxy) is 1. The minimum atomic E-state index is -4.82. The number of halogens is 4. The number of aromatic nitrogens is 2. The number of rotatable bonds is 6. The molecule has 0 atom stereocenters. The van der Waals surface area contributed by atoms with Gasteiger partial charge in [-0.25, -0.2) is 14.4 Å². The average Bonchev–Trinajstić information content (AvgIpc) is 2.71. The molecular formula is C22H19F4N3O3. The second-order valence-electron chi connectivity index (χ2n) is 7.54. The van der Waals surface area contributed by atoms with Gasteiger partial charge < -0.3 is 15.2 Å². The molecule has 1 aromatic heterocycles. The maximum absolute atomic E-state index is 13.3. The lowest BCUT2D eigenvalue weighted by Gasteiger charge is -2.17. The van der Waals surface area contributed by atoms with Gasteiger partial charge in [0.25, 0.3) is 5.91 Å². The van der Waals surface area contributed by atoms with Crippen LogP contribution in [0.15, 0.2) is 54.6 Å². The highest BCUT2D eigenvalue weighted by Crippen LogP contribution is 2.27. The van der Waals surface area contributed by atoms with Gasteiger partial charge in [0.1, 0.15) is 17.3 Å². The number of carbonyl (C=O) groups is 1. The topological polar surface area (TPSA) is 84.3 Å². The lowest BCUT2D eigenvalue weighted by Crippen LogP contribution is -2.38. The van der Waals surface area contributed by atoms with E-state index in [-0.39, 0.29) is 23.8 Å². The third kappa shape index (κ3) is 6.48. The molecule has 0 saturated heterocycles. The summed E-state index contributed by atoms with van der Waals surface area (Å²) in [5.41, 5.74) is -0.0938. The van der Waals surface area contributed by atoms with E-state index in [1.54, 1.807) is 0 Å². The maximum Gasteiger partial charge on any atom is 0.573 e. The molecule has 0 bridgehead atoms. The number of aliphatic hydroxyl groups is 1. The molecule has 0 radical (unpaired) electrons. The van der Waals surface area contributed by atoms with Crippen LogP contribution in [-0.2, 0) is 0 Å². The number of hydrogen-bond acceptors (Lipinski definition) is 5. The van der Waals surface area contributed by atoms with Crippen molar-refractivity contribution in [3.8, 4) is 28.4 Å². The van der Waals surface area contributed by atoms with Crippen LogP contribution in [-0.4, -0.2) is 39.5 Å². The highest BCUT2D eigenvalue weighted by Gasteiger charge is 2.31. The summed E-state index contributed by atoms with van der Waals surface area (Å²) >= 11 is 0. The fourth-order valence-electron chi connectivity index (χ4n) is 2.65. The number of alkyl halides is 3. The number of carbonyl (C=O) groups excluding carboxylic acids is 1. The van der Waals surface area contributed by atoms with E-state index in [4.69, 9.17) is 0 Å². The molecule has 0 aliphatic rings. The van der Waals surface area contributed by atoms with Gasteiger partial charge in [0, 0.05) is 17.7 Å². The van der Waals surface area contributed by atoms with E-state index in [9.17, 15) is 27.5 Å². The molecule has 1 amide bonds. The number of amides is 1. The van der Waals surface area contributed by atoms with Crippen LogP contribution in [0.25, 0.3) is 22.6 Å². The molecule has 0 saturated carbocycles. The minimum absolute atomic E-state index is 0.0332. The highest BCUT2D eigenvalue weighted by atomic mass is 19.4. The van der Waals surface area contributed by atoms with Gasteiger partial charge in [0.15, 0.2) is 5.82 Å². The number of hydrogen-bond donors (Lipinski definition) is 2. The van der Waals surface area contributed by atoms with Crippen molar-refractivity contribution in [1.82, 2.24) is 15.3 Å². The molecular weight excluding hydrogens is 430 g/mol. The zero-order valence-corrected chi connectivity index (χ0v) is 17.1. The summed E-state index contributed by atoms with van der Waals surface area (Å²) in [6.07, 6.45) is -4.82. The summed E-state index contributed by atoms with van der Waals surface area (Å²) in [4.78, 5) is 21.2. The molecule has 6 nitrogen and oxygen atoms in total. The van der Waals surface area contributed by atoms with Crippen molar-refractivity contribution >= 4 is 5.91 Å². The molecule has 0 spiro atoms. The molecule has 0 unspecified atom stereocenters. The van der Waals surface area contributed by atoms with Crippen LogP contribution < -0.4 is 10.1 Å². The molecule has 0 aliphatic heterocycles. The normalized spacial score (nSPS) is 11.8. The summed E-state index contributed by atoms with van der Waals surface area (Å²) in [5.74, 6) is -1.34. The number of nitrogens with zero attached hydrogens (tertiary/aromatic N) is 2. The first-order valence-electron chi connectivity index (χ1n) is 9.41. The molecule has 0 aliphatic carbocycles. The molecule has 32 heavy (non-hydrogen) atoms. The van der Waals surface area contributed by atoms with Crippen LogP contribution in [0.3, 0.4) is 0 Å². The van der Waals surface area contributed by atoms with Crippen molar-refractivity contribution in [1.29, 1.82) is 0 Å². The van der Waals surface area contributed by atoms with Crippen molar-refractivity contribution in [2.45, 2.75) is 25.8 Å². The van der Waals surface area contributed by atoms with Gasteiger partial charge in [-0.05, 0) is 68.4 Å². The van der Waals surface area contributed by atoms with Gasteiger partial charge in [-0.1, -0.05) is 0 Å². The fraction of sp³-hybridized carbons (Fsp3) is 0.227. The number of benzene rings is 2. The Morgan fingerprint density at radius 1 is 1.00 bits per heavy atom. The second kappa shape index (κ2) is 8.91. The van der Waals surface area contributed by atoms with Gasteiger partial charge in [-0.15, -0.1) is 13.2 Å². The Hall–Kier alpha value is -3.53. The molecule has 2 N–H and O–H groups in total. The van der Waals surface area contributed by atoms with Gasteiger partial charge in [0.05, 0.1) is 11.3 Å². The Morgan fingerprint density at radius 3 is 2.16 bits per heavy atom. The van der Waals surface area contributed by atoms with Gasteiger partial charge in [-0.2, -0.15) is 0 Å². The standard InChI is InChI=1S/C22H19F4N3O3/c1-21(2,31)12-27-20(30)18-11-17(13-5-9-16(10-6-13)32-22(24,25)26)28-19(29-18)14-3-7-15(23)8-4-14/h3-11,31H,12H2,1-2H3,(H,27,30). The van der Waals surface area contributed by atoms with Crippen LogP contribution in [0.5, 0.6) is 5.75 Å². The second-order valence-corrected chi connectivity index (χ2v) is 7.54. The molecule has 10 heteroatoms. The molecule has 3 aromatic rings. The van der Waals surface area contributed by atoms with Crippen LogP contribution in [0.4, 0.5) is 17.6 Å². The molecule has 1 heterocycles. The SMILES string of the molecule is CC(C)(O)CNC(=O)c1cc(-c2ccc(OC(F)(F)F)cc2)nc(-c2ccc(F)cc2)n1. The molecule has 168 valence electrons. The first kappa shape index (κ1) is 23.1. The predicted octanol–water partition coefficient (Wildman–Crippen LogP) is 4.35. The van der Waals surface area contributed by atoms with Crippen LogP contribution in [0.2, 0.25) is 0 Å². The van der Waals surface area contributed by atoms with E-state index < -0.39 is 29.4 Å². The van der Waals surface area contributed by atoms with E-state index in [0.29, 0.717) is 11.1 Å². The average molecular weight is 449 g/mol. The Balaban J connectivity index is 2.00. The van der Waals surface area contributed by atoms with Crippen LogP contribution in [0.1, 0.15) is 24.3 Å². The van der Waals surface area contributed by atoms with Crippen molar-refractivity contribution in [3.63, 3.8) is 0 Å². The zero-order valence-electron chi connectivity index (χ0n) is 17.1. The lowest BCUT2D eigenvalue weighted by atomic mass is 10.1. The summed E-state index contributed by atoms with van der Waals surface area (Å²) < 4.78 is 54.4. The van der Waals surface area contributed by atoms with E-state index in [1.165, 1.54) is 56.3 Å². The third-order valence-electron chi connectivity index (χ3n) is 4.13. The summed E-state index contributed by atoms with van der Waals surface area (Å²) in [7, 11) is 0. The summed E-state index contributed by atoms with van der Waals surface area (Å²) in [6, 6.07) is 11.6. The van der Waals surface area contributed by atoms with E-state index in [1.807, 2.05) is 0 Å². The summed E-state index contributed by atoms with van der Waals surface area (Å²) in [6.45, 7) is 3.00. The molecule has 0 fully saturated rings. The predicted molar refractivity (Wildman–Crippen MR) is 108 cm³/mol. The van der Waals surface area contributed by atoms with Gasteiger partial charge in [0.2, 0.25) is 0 Å². The Kier molecular flexibility index (Phi) is 6.45. The number of nitrogens with one attached hydrogen (secondary N) is 1. The van der Waals surface area contributed by atoms with E-state index in [0.717, 1.165) is 12.1 Å². The largest absolute Gasteiger partial charge is 0.573 e. The third-order valence-corrected chi connectivity index (χ3v) is 4.13. The van der Waals surface area contributed by atoms with Crippen molar-refractivity contribution < 1.29 is 32.2 Å². The Morgan fingerprint density at radius 2 is 1.59 bits per heavy atom. The summed E-state index contributed by atoms with van der Waals surface area (Å²) in [5, 5.41) is 12.4. The Bertz CT molecular complexity index is 1090. The van der Waals surface area contributed by atoms with Crippen molar-refractivity contribution in [3.05, 3.63) is 66.1 Å². The van der Waals surface area contributed by atoms with Crippen LogP contribution in [0, 0.1) is 5.82 Å². The monoisotopic (exact) mass is 449 g/mol. The van der Waals surface area contributed by atoms with E-state index >= 15 is 0 Å². The minimum Gasteiger partial charge on any atom is -0.406 e. The van der Waals surface area contributed by atoms with Gasteiger partial charge >= 0.3 is 6.36 Å². The van der Waals surface area contributed by atoms with Gasteiger partial charge in [-0.3, -0.25) is 4.79 Å². The first-order chi connectivity index (χ1) is 14.9. The smallest absolute Gasteiger partial charge is 0.406 e. The van der Waals surface area contributed by atoms with Crippen LogP contribution >= 0.6 is 0 Å². The molecule has 3 rings (SSSR count). The van der Waals surface area contributed by atoms with E-state index in [2.05, 4.69) is 20.0 Å². The molecule has 2 aromatic carbocycles. The quantitative estimate of drug-likeness (QED) is 0.547. The first-order valence-corrected chi connectivity index (χ1v) is 9.41. The Labute approximate surface area is 180 Å². The van der Waals surface area contributed by atoms with Crippen molar-refractivity contribution in [2.75, 3.05) is 6.54 Å². The van der Waals surface area contributed by atoms with Crippen molar-refractivity contribution in [2.24, 2.45) is 0 Å². The lowest BCUT2D eigenvalue weighted by molar-refractivity contribution is -0.274. The fourth-order valence-corrected chi connectivity index (χ4v) is 2.65.